The summed E-state index contributed by atoms with van der Waals surface area (Å²) in [5.74, 6) is 0.615. The SMILES string of the molecule is CC(C)C(N)CCN(C)C(=O)c1cc2c(s1)CCC2. The predicted octanol–water partition coefficient (Wildman–Crippen LogP) is 2.68. The van der Waals surface area contributed by atoms with E-state index in [2.05, 4.69) is 19.9 Å². The maximum atomic E-state index is 12.3. The smallest absolute Gasteiger partial charge is 0.263 e. The fourth-order valence-corrected chi connectivity index (χ4v) is 3.65. The Morgan fingerprint density at radius 3 is 2.84 bits per heavy atom. The van der Waals surface area contributed by atoms with E-state index >= 15 is 0 Å². The second-order valence-corrected chi connectivity index (χ2v) is 6.97. The standard InChI is InChI=1S/C15H24N2OS/c1-10(2)12(16)7-8-17(3)15(18)14-9-11-5-4-6-13(11)19-14/h9-10,12H,4-8,16H2,1-3H3. The first-order valence-electron chi connectivity index (χ1n) is 7.11. The first-order chi connectivity index (χ1) is 8.99. The minimum atomic E-state index is 0.148. The van der Waals surface area contributed by atoms with Crippen LogP contribution in [0.25, 0.3) is 0 Å². The van der Waals surface area contributed by atoms with Crippen LogP contribution in [0.2, 0.25) is 0 Å². The third-order valence-electron chi connectivity index (χ3n) is 3.96. The number of aryl methyl sites for hydroxylation is 2. The Kier molecular flexibility index (Phi) is 4.63. The van der Waals surface area contributed by atoms with Gasteiger partial charge in [0, 0.05) is 24.5 Å². The van der Waals surface area contributed by atoms with Crippen LogP contribution in [-0.2, 0) is 12.8 Å². The molecule has 1 aromatic rings. The van der Waals surface area contributed by atoms with Crippen LogP contribution in [0.4, 0.5) is 0 Å². The van der Waals surface area contributed by atoms with Crippen LogP contribution < -0.4 is 5.73 Å². The maximum absolute atomic E-state index is 12.3. The van der Waals surface area contributed by atoms with Crippen LogP contribution in [0.1, 0.15) is 46.8 Å². The highest BCUT2D eigenvalue weighted by atomic mass is 32.1. The maximum Gasteiger partial charge on any atom is 0.263 e. The molecule has 1 aliphatic rings. The van der Waals surface area contributed by atoms with Crippen LogP contribution in [0.3, 0.4) is 0 Å². The molecule has 0 aliphatic heterocycles. The zero-order valence-corrected chi connectivity index (χ0v) is 12.9. The van der Waals surface area contributed by atoms with E-state index in [4.69, 9.17) is 5.73 Å². The fourth-order valence-electron chi connectivity index (χ4n) is 2.40. The molecule has 0 saturated heterocycles. The monoisotopic (exact) mass is 280 g/mol. The average molecular weight is 280 g/mol. The van der Waals surface area contributed by atoms with Crippen molar-refractivity contribution in [1.29, 1.82) is 0 Å². The molecule has 1 aromatic heterocycles. The van der Waals surface area contributed by atoms with Crippen molar-refractivity contribution in [1.82, 2.24) is 4.90 Å². The normalized spacial score (nSPS) is 15.6. The number of nitrogens with zero attached hydrogens (tertiary/aromatic N) is 1. The van der Waals surface area contributed by atoms with E-state index in [0.29, 0.717) is 5.92 Å². The minimum Gasteiger partial charge on any atom is -0.341 e. The van der Waals surface area contributed by atoms with E-state index in [-0.39, 0.29) is 11.9 Å². The summed E-state index contributed by atoms with van der Waals surface area (Å²) >= 11 is 1.68. The van der Waals surface area contributed by atoms with E-state index < -0.39 is 0 Å². The number of nitrogens with two attached hydrogens (primary N) is 1. The summed E-state index contributed by atoms with van der Waals surface area (Å²) in [5, 5.41) is 0. The van der Waals surface area contributed by atoms with Gasteiger partial charge in [-0.1, -0.05) is 13.8 Å². The van der Waals surface area contributed by atoms with Gasteiger partial charge in [-0.2, -0.15) is 0 Å². The van der Waals surface area contributed by atoms with Crippen LogP contribution in [-0.4, -0.2) is 30.4 Å². The molecule has 1 aliphatic carbocycles. The zero-order chi connectivity index (χ0) is 14.0. The summed E-state index contributed by atoms with van der Waals surface area (Å²) in [6, 6.07) is 2.26. The van der Waals surface area contributed by atoms with Crippen LogP contribution in [0.5, 0.6) is 0 Å². The lowest BCUT2D eigenvalue weighted by atomic mass is 10.0. The van der Waals surface area contributed by atoms with Crippen LogP contribution in [0, 0.1) is 5.92 Å². The molecular formula is C15H24N2OS. The van der Waals surface area contributed by atoms with E-state index in [0.717, 1.165) is 30.7 Å². The summed E-state index contributed by atoms with van der Waals surface area (Å²) in [6.45, 7) is 4.98. The highest BCUT2D eigenvalue weighted by molar-refractivity contribution is 7.14. The molecule has 19 heavy (non-hydrogen) atoms. The quantitative estimate of drug-likeness (QED) is 0.901. The van der Waals surface area contributed by atoms with Crippen molar-refractivity contribution in [3.8, 4) is 0 Å². The summed E-state index contributed by atoms with van der Waals surface area (Å²) in [5.41, 5.74) is 7.42. The third-order valence-corrected chi connectivity index (χ3v) is 5.18. The van der Waals surface area contributed by atoms with Gasteiger partial charge in [0.25, 0.3) is 5.91 Å². The van der Waals surface area contributed by atoms with Gasteiger partial charge in [0.15, 0.2) is 0 Å². The van der Waals surface area contributed by atoms with Crippen molar-refractivity contribution in [2.75, 3.05) is 13.6 Å². The molecule has 1 unspecified atom stereocenters. The summed E-state index contributed by atoms with van der Waals surface area (Å²) < 4.78 is 0. The number of hydrogen-bond donors (Lipinski definition) is 1. The Bertz CT molecular complexity index is 431. The Morgan fingerprint density at radius 2 is 2.21 bits per heavy atom. The molecule has 0 saturated carbocycles. The second kappa shape index (κ2) is 6.06. The highest BCUT2D eigenvalue weighted by Crippen LogP contribution is 2.31. The summed E-state index contributed by atoms with van der Waals surface area (Å²) in [6.07, 6.45) is 4.40. The number of rotatable bonds is 5. The number of carbonyl (C=O) groups excluding carboxylic acids is 1. The van der Waals surface area contributed by atoms with Gasteiger partial charge in [0.2, 0.25) is 0 Å². The first kappa shape index (κ1) is 14.5. The van der Waals surface area contributed by atoms with Crippen LogP contribution in [0.15, 0.2) is 6.07 Å². The van der Waals surface area contributed by atoms with Gasteiger partial charge in [0.1, 0.15) is 0 Å². The van der Waals surface area contributed by atoms with Crippen LogP contribution >= 0.6 is 11.3 Å². The van der Waals surface area contributed by atoms with Crippen molar-refractivity contribution < 1.29 is 4.79 Å². The Morgan fingerprint density at radius 1 is 1.47 bits per heavy atom. The van der Waals surface area contributed by atoms with E-state index in [1.165, 1.54) is 16.9 Å². The largest absolute Gasteiger partial charge is 0.341 e. The zero-order valence-electron chi connectivity index (χ0n) is 12.1. The molecule has 1 atom stereocenters. The highest BCUT2D eigenvalue weighted by Gasteiger charge is 2.21. The third kappa shape index (κ3) is 3.37. The predicted molar refractivity (Wildman–Crippen MR) is 80.7 cm³/mol. The van der Waals surface area contributed by atoms with Gasteiger partial charge in [-0.25, -0.2) is 0 Å². The Labute approximate surface area is 119 Å². The molecule has 0 aromatic carbocycles. The molecule has 1 heterocycles. The first-order valence-corrected chi connectivity index (χ1v) is 7.93. The molecule has 0 spiro atoms. The molecular weight excluding hydrogens is 256 g/mol. The topological polar surface area (TPSA) is 46.3 Å². The summed E-state index contributed by atoms with van der Waals surface area (Å²) in [7, 11) is 1.88. The van der Waals surface area contributed by atoms with Crippen molar-refractivity contribution in [3.63, 3.8) is 0 Å². The number of carbonyl (C=O) groups is 1. The number of hydrogen-bond acceptors (Lipinski definition) is 3. The molecule has 0 radical (unpaired) electrons. The average Bonchev–Trinajstić information content (AvgIpc) is 2.94. The molecule has 3 nitrogen and oxygen atoms in total. The lowest BCUT2D eigenvalue weighted by Crippen LogP contribution is -2.34. The van der Waals surface area contributed by atoms with Crippen molar-refractivity contribution >= 4 is 17.2 Å². The molecule has 0 fully saturated rings. The van der Waals surface area contributed by atoms with Gasteiger partial charge in [-0.05, 0) is 43.2 Å². The van der Waals surface area contributed by atoms with Gasteiger partial charge < -0.3 is 10.6 Å². The number of amides is 1. The van der Waals surface area contributed by atoms with E-state index in [1.54, 1.807) is 11.3 Å². The van der Waals surface area contributed by atoms with E-state index in [9.17, 15) is 4.79 Å². The molecule has 2 N–H and O–H groups in total. The van der Waals surface area contributed by atoms with Gasteiger partial charge >= 0.3 is 0 Å². The van der Waals surface area contributed by atoms with Gasteiger partial charge in [0.05, 0.1) is 4.88 Å². The number of fused-ring (bicyclic) bond motifs is 1. The molecule has 4 heteroatoms. The lowest BCUT2D eigenvalue weighted by molar-refractivity contribution is 0.0794. The minimum absolute atomic E-state index is 0.148. The number of thiophene rings is 1. The molecule has 2 rings (SSSR count). The molecule has 1 amide bonds. The Balaban J connectivity index is 1.91. The molecule has 106 valence electrons. The van der Waals surface area contributed by atoms with Gasteiger partial charge in [-0.3, -0.25) is 4.79 Å². The molecule has 0 bridgehead atoms. The van der Waals surface area contributed by atoms with Crippen molar-refractivity contribution in [2.24, 2.45) is 11.7 Å². The van der Waals surface area contributed by atoms with Gasteiger partial charge in [-0.15, -0.1) is 11.3 Å². The Hall–Kier alpha value is -0.870. The van der Waals surface area contributed by atoms with Crippen molar-refractivity contribution in [2.45, 2.75) is 45.6 Å². The van der Waals surface area contributed by atoms with Crippen molar-refractivity contribution in [3.05, 3.63) is 21.4 Å². The summed E-state index contributed by atoms with van der Waals surface area (Å²) in [4.78, 5) is 16.4. The lowest BCUT2D eigenvalue weighted by Gasteiger charge is -2.21. The fraction of sp³-hybridized carbons (Fsp3) is 0.667. The van der Waals surface area contributed by atoms with E-state index in [1.807, 2.05) is 11.9 Å². The second-order valence-electron chi connectivity index (χ2n) is 5.84.